The van der Waals surface area contributed by atoms with Crippen molar-refractivity contribution < 1.29 is 17.4 Å². The van der Waals surface area contributed by atoms with Crippen molar-refractivity contribution in [1.29, 1.82) is 5.26 Å². The molecule has 0 bridgehead atoms. The molecule has 1 aromatic carbocycles. The minimum atomic E-state index is -4.47. The molecular formula is C16H19F3N2OS. The molecule has 3 nitrogen and oxygen atoms in total. The number of rotatable bonds is 3. The smallest absolute Gasteiger partial charge is 0.368 e. The second-order valence-electron chi connectivity index (χ2n) is 5.70. The largest absolute Gasteiger partial charge is 0.416 e. The quantitative estimate of drug-likeness (QED) is 0.840. The summed E-state index contributed by atoms with van der Waals surface area (Å²) in [5, 5.41) is 9.23. The van der Waals surface area contributed by atoms with Crippen LogP contribution in [0.5, 0.6) is 0 Å². The van der Waals surface area contributed by atoms with Crippen LogP contribution < -0.4 is 4.90 Å². The van der Waals surface area contributed by atoms with Gasteiger partial charge >= 0.3 is 6.18 Å². The lowest BCUT2D eigenvalue weighted by Crippen LogP contribution is -2.53. The summed E-state index contributed by atoms with van der Waals surface area (Å²) in [6.07, 6.45) is -3.01. The molecule has 0 aromatic heterocycles. The lowest BCUT2D eigenvalue weighted by Gasteiger charge is -2.42. The molecule has 0 radical (unpaired) electrons. The minimum absolute atomic E-state index is 0.00798. The molecule has 1 atom stereocenters. The van der Waals surface area contributed by atoms with E-state index >= 15 is 0 Å². The summed E-state index contributed by atoms with van der Waals surface area (Å²) in [6, 6.07) is 5.11. The first kappa shape index (κ1) is 17.8. The van der Waals surface area contributed by atoms with Gasteiger partial charge in [-0.05, 0) is 31.0 Å². The number of nitriles is 1. The van der Waals surface area contributed by atoms with E-state index < -0.39 is 22.5 Å². The topological polar surface area (TPSA) is 44.1 Å². The van der Waals surface area contributed by atoms with Gasteiger partial charge in [0.25, 0.3) is 0 Å². The molecule has 1 aromatic rings. The van der Waals surface area contributed by atoms with Crippen LogP contribution in [0.2, 0.25) is 0 Å². The van der Waals surface area contributed by atoms with E-state index in [1.54, 1.807) is 0 Å². The van der Waals surface area contributed by atoms with Gasteiger partial charge in [0.15, 0.2) is 0 Å². The van der Waals surface area contributed by atoms with E-state index in [2.05, 4.69) is 0 Å². The maximum absolute atomic E-state index is 12.8. The lowest BCUT2D eigenvalue weighted by atomic mass is 9.99. The summed E-state index contributed by atoms with van der Waals surface area (Å²) >= 11 is 0. The third kappa shape index (κ3) is 3.37. The summed E-state index contributed by atoms with van der Waals surface area (Å²) < 4.78 is 50.4. The Hall–Kier alpha value is -1.55. The molecule has 1 unspecified atom stereocenters. The Morgan fingerprint density at radius 2 is 2.00 bits per heavy atom. The number of nitrogens with zero attached hydrogens (tertiary/aromatic N) is 2. The zero-order valence-electron chi connectivity index (χ0n) is 13.1. The van der Waals surface area contributed by atoms with Crippen LogP contribution in [0.1, 0.15) is 37.8 Å². The van der Waals surface area contributed by atoms with Crippen molar-refractivity contribution in [3.8, 4) is 6.07 Å². The highest BCUT2D eigenvalue weighted by Crippen LogP contribution is 2.35. The van der Waals surface area contributed by atoms with Crippen LogP contribution >= 0.6 is 0 Å². The van der Waals surface area contributed by atoms with Gasteiger partial charge in [-0.3, -0.25) is 4.21 Å². The maximum Gasteiger partial charge on any atom is 0.416 e. The second-order valence-corrected chi connectivity index (χ2v) is 7.67. The lowest BCUT2D eigenvalue weighted by molar-refractivity contribution is -0.137. The molecule has 23 heavy (non-hydrogen) atoms. The Labute approximate surface area is 136 Å². The third-order valence-corrected chi connectivity index (χ3v) is 6.81. The van der Waals surface area contributed by atoms with Crippen molar-refractivity contribution in [3.63, 3.8) is 0 Å². The molecule has 1 fully saturated rings. The van der Waals surface area contributed by atoms with Crippen molar-refractivity contribution in [3.05, 3.63) is 29.3 Å². The summed E-state index contributed by atoms with van der Waals surface area (Å²) in [5.41, 5.74) is -0.326. The van der Waals surface area contributed by atoms with E-state index in [0.29, 0.717) is 24.5 Å². The first-order valence-electron chi connectivity index (χ1n) is 7.52. The number of anilines is 1. The van der Waals surface area contributed by atoms with Gasteiger partial charge in [-0.2, -0.15) is 18.4 Å². The molecule has 0 amide bonds. The minimum Gasteiger partial charge on any atom is -0.368 e. The molecule has 7 heteroatoms. The molecule has 126 valence electrons. The van der Waals surface area contributed by atoms with E-state index in [9.17, 15) is 22.6 Å². The highest BCUT2D eigenvalue weighted by molar-refractivity contribution is 7.86. The van der Waals surface area contributed by atoms with Crippen molar-refractivity contribution in [2.24, 2.45) is 0 Å². The Morgan fingerprint density at radius 1 is 1.35 bits per heavy atom. The van der Waals surface area contributed by atoms with Crippen molar-refractivity contribution in [2.45, 2.75) is 37.6 Å². The van der Waals surface area contributed by atoms with Crippen LogP contribution in [0.4, 0.5) is 18.9 Å². The van der Waals surface area contributed by atoms with Crippen LogP contribution in [0.25, 0.3) is 0 Å². The zero-order chi connectivity index (χ0) is 17.3. The first-order chi connectivity index (χ1) is 10.8. The van der Waals surface area contributed by atoms with Gasteiger partial charge in [-0.15, -0.1) is 0 Å². The number of hydrogen-bond acceptors (Lipinski definition) is 3. The van der Waals surface area contributed by atoms with Crippen LogP contribution in [0, 0.1) is 11.3 Å². The summed E-state index contributed by atoms with van der Waals surface area (Å²) in [5.74, 6) is 0.466. The molecule has 1 saturated heterocycles. The molecule has 2 rings (SSSR count). The van der Waals surface area contributed by atoms with Crippen LogP contribution in [-0.2, 0) is 17.0 Å². The number of hydrogen-bond donors (Lipinski definition) is 0. The zero-order valence-corrected chi connectivity index (χ0v) is 13.9. The van der Waals surface area contributed by atoms with Crippen molar-refractivity contribution in [2.75, 3.05) is 23.7 Å². The Balaban J connectivity index is 2.39. The van der Waals surface area contributed by atoms with Gasteiger partial charge in [0.05, 0.1) is 21.6 Å². The molecule has 0 spiro atoms. The number of halogens is 3. The average molecular weight is 344 g/mol. The van der Waals surface area contributed by atoms with Gasteiger partial charge in [0.2, 0.25) is 0 Å². The van der Waals surface area contributed by atoms with Gasteiger partial charge in [0, 0.05) is 29.6 Å². The molecule has 1 aliphatic heterocycles. The Morgan fingerprint density at radius 3 is 2.52 bits per heavy atom. The molecule has 1 aliphatic rings. The predicted molar refractivity (Wildman–Crippen MR) is 84.7 cm³/mol. The van der Waals surface area contributed by atoms with E-state index in [1.807, 2.05) is 24.8 Å². The fourth-order valence-corrected chi connectivity index (χ4v) is 4.75. The van der Waals surface area contributed by atoms with Crippen molar-refractivity contribution >= 4 is 16.5 Å². The molecule has 0 saturated carbocycles. The standard InChI is InChI=1S/C16H19F3N2OS/c1-3-15(4-2)11-21(7-8-23(15)22)14-6-5-13(16(17,18)19)9-12(14)10-20/h5-6,9H,3-4,7-8,11H2,1-2H3. The van der Waals surface area contributed by atoms with E-state index in [0.717, 1.165) is 25.0 Å². The highest BCUT2D eigenvalue weighted by Gasteiger charge is 2.39. The highest BCUT2D eigenvalue weighted by atomic mass is 32.2. The molecule has 0 N–H and O–H groups in total. The van der Waals surface area contributed by atoms with Gasteiger partial charge in [0.1, 0.15) is 6.07 Å². The van der Waals surface area contributed by atoms with Gasteiger partial charge < -0.3 is 4.90 Å². The summed E-state index contributed by atoms with van der Waals surface area (Å²) in [7, 11) is -0.963. The average Bonchev–Trinajstić information content (AvgIpc) is 2.54. The normalized spacial score (nSPS) is 21.0. The van der Waals surface area contributed by atoms with Gasteiger partial charge in [-0.1, -0.05) is 13.8 Å². The second kappa shape index (κ2) is 6.52. The van der Waals surface area contributed by atoms with Crippen LogP contribution in [-0.4, -0.2) is 27.8 Å². The van der Waals surface area contributed by atoms with E-state index in [-0.39, 0.29) is 10.3 Å². The predicted octanol–water partition coefficient (Wildman–Crippen LogP) is 3.70. The fourth-order valence-electron chi connectivity index (χ4n) is 2.99. The van der Waals surface area contributed by atoms with Crippen molar-refractivity contribution in [1.82, 2.24) is 0 Å². The number of benzene rings is 1. The molecule has 1 heterocycles. The summed E-state index contributed by atoms with van der Waals surface area (Å²) in [4.78, 5) is 1.90. The molecule has 0 aliphatic carbocycles. The van der Waals surface area contributed by atoms with Crippen LogP contribution in [0.3, 0.4) is 0 Å². The SMILES string of the molecule is CCC1(CC)CN(c2ccc(C(F)(F)F)cc2C#N)CCS1=O. The van der Waals surface area contributed by atoms with Crippen LogP contribution in [0.15, 0.2) is 18.2 Å². The Bertz CT molecular complexity index is 648. The Kier molecular flexibility index (Phi) is 5.04. The maximum atomic E-state index is 12.8. The molecular weight excluding hydrogens is 325 g/mol. The summed E-state index contributed by atoms with van der Waals surface area (Å²) in [6.45, 7) is 4.92. The fraction of sp³-hybridized carbons (Fsp3) is 0.562. The third-order valence-electron chi connectivity index (χ3n) is 4.58. The van der Waals surface area contributed by atoms with E-state index in [1.165, 1.54) is 6.07 Å². The van der Waals surface area contributed by atoms with Gasteiger partial charge in [-0.25, -0.2) is 0 Å². The monoisotopic (exact) mass is 344 g/mol. The first-order valence-corrected chi connectivity index (χ1v) is 8.84. The number of alkyl halides is 3. The van der Waals surface area contributed by atoms with E-state index in [4.69, 9.17) is 0 Å².